The topological polar surface area (TPSA) is 55.5 Å². The maximum Gasteiger partial charge on any atom is 0.231 e. The molecule has 0 aliphatic heterocycles. The highest BCUT2D eigenvalue weighted by atomic mass is 19.1. The van der Waals surface area contributed by atoms with Crippen LogP contribution < -0.4 is 4.74 Å². The maximum atomic E-state index is 13.2. The molecule has 1 atom stereocenters. The Morgan fingerprint density at radius 3 is 2.57 bits per heavy atom. The molecule has 3 rings (SSSR count). The molecule has 0 spiro atoms. The van der Waals surface area contributed by atoms with E-state index in [2.05, 4.69) is 4.98 Å². The van der Waals surface area contributed by atoms with Crippen LogP contribution in [0.3, 0.4) is 0 Å². The highest BCUT2D eigenvalue weighted by Gasteiger charge is 2.31. The fourth-order valence-electron chi connectivity index (χ4n) is 2.15. The van der Waals surface area contributed by atoms with E-state index >= 15 is 0 Å². The van der Waals surface area contributed by atoms with Crippen LogP contribution in [-0.2, 0) is 5.60 Å². The minimum Gasteiger partial charge on any atom is -0.497 e. The van der Waals surface area contributed by atoms with Gasteiger partial charge in [-0.1, -0.05) is 12.1 Å². The maximum absolute atomic E-state index is 13.2. The molecular weight excluding hydrogens is 273 g/mol. The van der Waals surface area contributed by atoms with Crippen LogP contribution >= 0.6 is 0 Å². The Morgan fingerprint density at radius 1 is 1.19 bits per heavy atom. The van der Waals surface area contributed by atoms with Crippen LogP contribution in [0.2, 0.25) is 0 Å². The first-order valence-electron chi connectivity index (χ1n) is 6.44. The minimum atomic E-state index is -1.41. The summed E-state index contributed by atoms with van der Waals surface area (Å²) in [6.07, 6.45) is 0. The molecular formula is C16H14FNO3. The molecule has 0 aliphatic carbocycles. The van der Waals surface area contributed by atoms with Gasteiger partial charge < -0.3 is 14.3 Å². The van der Waals surface area contributed by atoms with Crippen LogP contribution in [0, 0.1) is 5.82 Å². The van der Waals surface area contributed by atoms with Crippen LogP contribution in [0.15, 0.2) is 46.9 Å². The molecule has 0 aliphatic rings. The van der Waals surface area contributed by atoms with Crippen LogP contribution in [0.4, 0.5) is 4.39 Å². The van der Waals surface area contributed by atoms with E-state index in [9.17, 15) is 9.50 Å². The molecule has 5 heteroatoms. The third-order valence-corrected chi connectivity index (χ3v) is 3.42. The van der Waals surface area contributed by atoms with Crippen molar-refractivity contribution in [1.29, 1.82) is 0 Å². The van der Waals surface area contributed by atoms with E-state index < -0.39 is 11.4 Å². The van der Waals surface area contributed by atoms with Crippen LogP contribution in [-0.4, -0.2) is 17.2 Å². The summed E-state index contributed by atoms with van der Waals surface area (Å²) in [5, 5.41) is 10.7. The first-order valence-corrected chi connectivity index (χ1v) is 6.44. The van der Waals surface area contributed by atoms with Gasteiger partial charge in [-0.25, -0.2) is 9.37 Å². The number of hydrogen-bond donors (Lipinski definition) is 1. The van der Waals surface area contributed by atoms with Crippen molar-refractivity contribution in [3.05, 3.63) is 59.7 Å². The van der Waals surface area contributed by atoms with Crippen molar-refractivity contribution < 1.29 is 18.7 Å². The molecule has 1 N–H and O–H groups in total. The summed E-state index contributed by atoms with van der Waals surface area (Å²) in [6.45, 7) is 1.58. The van der Waals surface area contributed by atoms with Gasteiger partial charge in [-0.2, -0.15) is 0 Å². The Bertz CT molecular complexity index is 778. The monoisotopic (exact) mass is 287 g/mol. The number of nitrogens with zero attached hydrogens (tertiary/aromatic N) is 1. The lowest BCUT2D eigenvalue weighted by Gasteiger charge is -2.20. The standard InChI is InChI=1S/C16H14FNO3/c1-16(19,10-3-6-12(20-2)7-4-10)15-18-13-8-5-11(17)9-14(13)21-15/h3-9,19H,1-2H3/t16-/m1/s1. The van der Waals surface area contributed by atoms with Gasteiger partial charge >= 0.3 is 0 Å². The summed E-state index contributed by atoms with van der Waals surface area (Å²) >= 11 is 0. The van der Waals surface area contributed by atoms with E-state index in [1.54, 1.807) is 38.3 Å². The van der Waals surface area contributed by atoms with Crippen molar-refractivity contribution in [2.24, 2.45) is 0 Å². The fourth-order valence-corrected chi connectivity index (χ4v) is 2.15. The van der Waals surface area contributed by atoms with Crippen molar-refractivity contribution in [2.45, 2.75) is 12.5 Å². The summed E-state index contributed by atoms with van der Waals surface area (Å²) in [4.78, 5) is 4.23. The predicted octanol–water partition coefficient (Wildman–Crippen LogP) is 3.23. The normalized spacial score (nSPS) is 14.1. The number of oxazole rings is 1. The SMILES string of the molecule is COc1ccc([C@@](C)(O)c2nc3ccc(F)cc3o2)cc1. The summed E-state index contributed by atoms with van der Waals surface area (Å²) in [7, 11) is 1.57. The van der Waals surface area contributed by atoms with Crippen LogP contribution in [0.1, 0.15) is 18.4 Å². The Hall–Kier alpha value is -2.40. The van der Waals surface area contributed by atoms with E-state index in [-0.39, 0.29) is 5.89 Å². The molecule has 0 bridgehead atoms. The van der Waals surface area contributed by atoms with Gasteiger partial charge in [0.25, 0.3) is 0 Å². The molecule has 108 valence electrons. The number of aliphatic hydroxyl groups is 1. The zero-order valence-corrected chi connectivity index (χ0v) is 11.6. The van der Waals surface area contributed by atoms with Crippen molar-refractivity contribution in [3.63, 3.8) is 0 Å². The number of halogens is 1. The molecule has 2 aromatic carbocycles. The van der Waals surface area contributed by atoms with E-state index in [0.29, 0.717) is 22.4 Å². The van der Waals surface area contributed by atoms with E-state index in [1.807, 2.05) is 0 Å². The predicted molar refractivity (Wildman–Crippen MR) is 75.6 cm³/mol. The Balaban J connectivity index is 2.05. The number of aromatic nitrogens is 1. The van der Waals surface area contributed by atoms with Crippen molar-refractivity contribution in [2.75, 3.05) is 7.11 Å². The Labute approximate surface area is 120 Å². The number of fused-ring (bicyclic) bond motifs is 1. The van der Waals surface area contributed by atoms with Gasteiger partial charge in [-0.05, 0) is 36.8 Å². The molecule has 0 fully saturated rings. The summed E-state index contributed by atoms with van der Waals surface area (Å²) in [5.74, 6) is 0.400. The largest absolute Gasteiger partial charge is 0.497 e. The second kappa shape index (κ2) is 4.86. The van der Waals surface area contributed by atoms with Gasteiger partial charge in [0.15, 0.2) is 11.2 Å². The van der Waals surface area contributed by atoms with E-state index in [0.717, 1.165) is 0 Å². The van der Waals surface area contributed by atoms with Gasteiger partial charge in [-0.15, -0.1) is 0 Å². The van der Waals surface area contributed by atoms with E-state index in [1.165, 1.54) is 18.2 Å². The molecule has 0 saturated heterocycles. The number of methoxy groups -OCH3 is 1. The number of ether oxygens (including phenoxy) is 1. The zero-order chi connectivity index (χ0) is 15.0. The van der Waals surface area contributed by atoms with Crippen molar-refractivity contribution in [1.82, 2.24) is 4.98 Å². The summed E-state index contributed by atoms with van der Waals surface area (Å²) in [6, 6.07) is 11.0. The summed E-state index contributed by atoms with van der Waals surface area (Å²) in [5.41, 5.74) is -0.00352. The second-order valence-corrected chi connectivity index (χ2v) is 4.93. The highest BCUT2D eigenvalue weighted by molar-refractivity contribution is 5.72. The van der Waals surface area contributed by atoms with Gasteiger partial charge in [0.1, 0.15) is 17.1 Å². The second-order valence-electron chi connectivity index (χ2n) is 4.93. The molecule has 0 amide bonds. The molecule has 21 heavy (non-hydrogen) atoms. The molecule has 3 aromatic rings. The average Bonchev–Trinajstić information content (AvgIpc) is 2.91. The third kappa shape index (κ3) is 2.36. The average molecular weight is 287 g/mol. The lowest BCUT2D eigenvalue weighted by molar-refractivity contribution is 0.0726. The zero-order valence-electron chi connectivity index (χ0n) is 11.6. The molecule has 0 unspecified atom stereocenters. The molecule has 1 heterocycles. The van der Waals surface area contributed by atoms with Gasteiger partial charge in [0.05, 0.1) is 7.11 Å². The van der Waals surface area contributed by atoms with Gasteiger partial charge in [0.2, 0.25) is 5.89 Å². The number of rotatable bonds is 3. The van der Waals surface area contributed by atoms with E-state index in [4.69, 9.17) is 9.15 Å². The minimum absolute atomic E-state index is 0.119. The lowest BCUT2D eigenvalue weighted by Crippen LogP contribution is -2.23. The molecule has 0 radical (unpaired) electrons. The summed E-state index contributed by atoms with van der Waals surface area (Å²) < 4.78 is 23.8. The molecule has 1 aromatic heterocycles. The highest BCUT2D eigenvalue weighted by Crippen LogP contribution is 2.31. The van der Waals surface area contributed by atoms with Crippen molar-refractivity contribution in [3.8, 4) is 5.75 Å². The van der Waals surface area contributed by atoms with Gasteiger partial charge in [0, 0.05) is 6.07 Å². The fraction of sp³-hybridized carbons (Fsp3) is 0.188. The van der Waals surface area contributed by atoms with Crippen LogP contribution in [0.5, 0.6) is 5.75 Å². The third-order valence-electron chi connectivity index (χ3n) is 3.42. The number of benzene rings is 2. The quantitative estimate of drug-likeness (QED) is 0.803. The lowest BCUT2D eigenvalue weighted by atomic mass is 9.96. The van der Waals surface area contributed by atoms with Crippen LogP contribution in [0.25, 0.3) is 11.1 Å². The molecule has 4 nitrogen and oxygen atoms in total. The van der Waals surface area contributed by atoms with Gasteiger partial charge in [-0.3, -0.25) is 0 Å². The molecule has 0 saturated carbocycles. The Morgan fingerprint density at radius 2 is 1.90 bits per heavy atom. The first-order chi connectivity index (χ1) is 10.0. The Kier molecular flexibility index (Phi) is 3.14. The smallest absolute Gasteiger partial charge is 0.231 e. The first kappa shape index (κ1) is 13.6. The number of hydrogen-bond acceptors (Lipinski definition) is 4. The van der Waals surface area contributed by atoms with Crippen molar-refractivity contribution >= 4 is 11.1 Å².